The molecule has 1 aliphatic rings. The third-order valence-electron chi connectivity index (χ3n) is 5.26. The Balaban J connectivity index is 1.53. The molecule has 12 heteroatoms. The van der Waals surface area contributed by atoms with Crippen molar-refractivity contribution in [2.75, 3.05) is 16.2 Å². The van der Waals surface area contributed by atoms with Gasteiger partial charge in [-0.1, -0.05) is 48.5 Å². The molecule has 0 saturated heterocycles. The Kier molecular flexibility index (Phi) is 8.30. The first-order valence-corrected chi connectivity index (χ1v) is 15.8. The largest absolute Gasteiger partial charge is 0.357 e. The van der Waals surface area contributed by atoms with Gasteiger partial charge in [0.15, 0.2) is 0 Å². The molecular weight excluding hydrogens is 527 g/mol. The van der Waals surface area contributed by atoms with Crippen LogP contribution in [0.15, 0.2) is 66.1 Å². The molecule has 2 heterocycles. The van der Waals surface area contributed by atoms with Gasteiger partial charge in [0.05, 0.1) is 23.2 Å². The SMILES string of the molecule is O=S(=O)(O)Nc1ccc(C[C@H](NS(=O)(=O)CCc2ccccc2)c2csc(C3=CCCS3)n2)cc1. The van der Waals surface area contributed by atoms with Crippen LogP contribution >= 0.6 is 23.1 Å². The molecular formula is C23H25N3O5S4. The van der Waals surface area contributed by atoms with Crippen molar-refractivity contribution in [1.29, 1.82) is 0 Å². The van der Waals surface area contributed by atoms with Crippen LogP contribution in [-0.4, -0.2) is 37.9 Å². The van der Waals surface area contributed by atoms with E-state index in [2.05, 4.69) is 10.8 Å². The third kappa shape index (κ3) is 7.89. The quantitative estimate of drug-likeness (QED) is 0.304. The van der Waals surface area contributed by atoms with Crippen molar-refractivity contribution >= 4 is 54.0 Å². The number of sulfonamides is 1. The van der Waals surface area contributed by atoms with Crippen LogP contribution in [0.3, 0.4) is 0 Å². The van der Waals surface area contributed by atoms with Crippen LogP contribution in [0.2, 0.25) is 0 Å². The molecule has 3 aromatic rings. The van der Waals surface area contributed by atoms with E-state index in [-0.39, 0.29) is 11.4 Å². The van der Waals surface area contributed by atoms with E-state index in [0.29, 0.717) is 18.5 Å². The first kappa shape index (κ1) is 25.9. The fourth-order valence-corrected chi connectivity index (χ4v) is 7.28. The summed E-state index contributed by atoms with van der Waals surface area (Å²) in [7, 11) is -7.99. The van der Waals surface area contributed by atoms with E-state index in [4.69, 9.17) is 9.54 Å². The number of nitrogens with one attached hydrogen (secondary N) is 2. The van der Waals surface area contributed by atoms with E-state index in [0.717, 1.165) is 33.2 Å². The average Bonchev–Trinajstić information content (AvgIpc) is 3.50. The minimum atomic E-state index is -4.37. The van der Waals surface area contributed by atoms with Crippen LogP contribution in [0, 0.1) is 0 Å². The summed E-state index contributed by atoms with van der Waals surface area (Å²) in [6.45, 7) is 0. The normalized spacial score (nSPS) is 15.1. The van der Waals surface area contributed by atoms with Gasteiger partial charge in [-0.2, -0.15) is 8.42 Å². The maximum Gasteiger partial charge on any atom is 0.357 e. The zero-order chi connectivity index (χ0) is 24.9. The van der Waals surface area contributed by atoms with Gasteiger partial charge in [-0.15, -0.1) is 23.1 Å². The van der Waals surface area contributed by atoms with E-state index in [1.165, 1.54) is 23.5 Å². The number of aryl methyl sites for hydroxylation is 1. The summed E-state index contributed by atoms with van der Waals surface area (Å²) in [6.07, 6.45) is 3.86. The van der Waals surface area contributed by atoms with Crippen molar-refractivity contribution in [2.24, 2.45) is 0 Å². The molecule has 0 radical (unpaired) electrons. The molecule has 35 heavy (non-hydrogen) atoms. The van der Waals surface area contributed by atoms with Gasteiger partial charge < -0.3 is 0 Å². The van der Waals surface area contributed by atoms with E-state index < -0.39 is 26.4 Å². The van der Waals surface area contributed by atoms with Gasteiger partial charge in [0.1, 0.15) is 5.01 Å². The number of thiazole rings is 1. The molecule has 0 amide bonds. The smallest absolute Gasteiger partial charge is 0.269 e. The highest BCUT2D eigenvalue weighted by molar-refractivity contribution is 8.08. The fourth-order valence-electron chi connectivity index (χ4n) is 3.60. The Hall–Kier alpha value is -2.22. The summed E-state index contributed by atoms with van der Waals surface area (Å²) in [5, 5.41) is 2.76. The maximum absolute atomic E-state index is 13.0. The summed E-state index contributed by atoms with van der Waals surface area (Å²) in [5.41, 5.74) is 2.57. The van der Waals surface area contributed by atoms with E-state index in [1.54, 1.807) is 23.9 Å². The van der Waals surface area contributed by atoms with Crippen LogP contribution in [0.1, 0.15) is 34.3 Å². The minimum Gasteiger partial charge on any atom is -0.269 e. The number of nitrogens with zero attached hydrogens (tertiary/aromatic N) is 1. The molecule has 186 valence electrons. The molecule has 1 aromatic heterocycles. The number of benzene rings is 2. The van der Waals surface area contributed by atoms with Gasteiger partial charge >= 0.3 is 10.3 Å². The summed E-state index contributed by atoms with van der Waals surface area (Å²) >= 11 is 3.23. The lowest BCUT2D eigenvalue weighted by Gasteiger charge is -2.18. The van der Waals surface area contributed by atoms with Crippen molar-refractivity contribution in [3.63, 3.8) is 0 Å². The van der Waals surface area contributed by atoms with Crippen LogP contribution in [-0.2, 0) is 33.2 Å². The number of rotatable bonds is 11. The van der Waals surface area contributed by atoms with Crippen LogP contribution < -0.4 is 9.44 Å². The Morgan fingerprint density at radius 3 is 2.40 bits per heavy atom. The molecule has 4 rings (SSSR count). The van der Waals surface area contributed by atoms with Gasteiger partial charge in [-0.25, -0.2) is 18.1 Å². The summed E-state index contributed by atoms with van der Waals surface area (Å²) in [6, 6.07) is 15.2. The number of thioether (sulfide) groups is 1. The summed E-state index contributed by atoms with van der Waals surface area (Å²) < 4.78 is 61.8. The molecule has 0 spiro atoms. The van der Waals surface area contributed by atoms with Gasteiger partial charge in [0, 0.05) is 16.0 Å². The minimum absolute atomic E-state index is 0.0528. The zero-order valence-corrected chi connectivity index (χ0v) is 21.9. The zero-order valence-electron chi connectivity index (χ0n) is 18.6. The predicted molar refractivity (Wildman–Crippen MR) is 142 cm³/mol. The second-order valence-corrected chi connectivity index (χ2v) is 13.0. The summed E-state index contributed by atoms with van der Waals surface area (Å²) in [5.74, 6) is 0.965. The number of aromatic nitrogens is 1. The van der Waals surface area contributed by atoms with E-state index in [9.17, 15) is 16.8 Å². The molecule has 2 aromatic carbocycles. The lowest BCUT2D eigenvalue weighted by Crippen LogP contribution is -2.32. The molecule has 1 aliphatic heterocycles. The lowest BCUT2D eigenvalue weighted by molar-refractivity contribution is 0.489. The number of anilines is 1. The monoisotopic (exact) mass is 551 g/mol. The third-order valence-corrected chi connectivity index (χ3v) is 9.27. The van der Waals surface area contributed by atoms with Crippen LogP contribution in [0.25, 0.3) is 4.91 Å². The molecule has 0 fully saturated rings. The van der Waals surface area contributed by atoms with Crippen molar-refractivity contribution in [3.05, 3.63) is 87.9 Å². The maximum atomic E-state index is 13.0. The van der Waals surface area contributed by atoms with Gasteiger partial charge in [0.2, 0.25) is 10.0 Å². The Bertz CT molecular complexity index is 1390. The molecule has 0 saturated carbocycles. The summed E-state index contributed by atoms with van der Waals surface area (Å²) in [4.78, 5) is 5.85. The lowest BCUT2D eigenvalue weighted by atomic mass is 10.0. The molecule has 1 atom stereocenters. The van der Waals surface area contributed by atoms with Crippen molar-refractivity contribution in [1.82, 2.24) is 9.71 Å². The second-order valence-electron chi connectivity index (χ2n) is 7.99. The number of hydrogen-bond acceptors (Lipinski definition) is 7. The van der Waals surface area contributed by atoms with Crippen molar-refractivity contribution in [3.8, 4) is 0 Å². The van der Waals surface area contributed by atoms with Gasteiger partial charge in [0.25, 0.3) is 0 Å². The molecule has 3 N–H and O–H groups in total. The number of allylic oxidation sites excluding steroid dienone is 1. The van der Waals surface area contributed by atoms with Crippen LogP contribution in [0.5, 0.6) is 0 Å². The fraction of sp³-hybridized carbons (Fsp3) is 0.261. The standard InChI is InChI=1S/C23H25N3O5S4/c27-34(28,14-12-17-5-2-1-3-6-17)26-20(21-16-33-23(24-21)22-7-4-13-32-22)15-18-8-10-19(11-9-18)25-35(29,30)31/h1-3,5-11,16,20,25-26H,4,12-15H2,(H,29,30,31)/t20-/m0/s1. The highest BCUT2D eigenvalue weighted by Crippen LogP contribution is 2.36. The van der Waals surface area contributed by atoms with Gasteiger partial charge in [-0.05, 0) is 42.5 Å². The highest BCUT2D eigenvalue weighted by Gasteiger charge is 2.24. The predicted octanol–water partition coefficient (Wildman–Crippen LogP) is 4.28. The van der Waals surface area contributed by atoms with Gasteiger partial charge in [-0.3, -0.25) is 9.27 Å². The second kappa shape index (κ2) is 11.2. The van der Waals surface area contributed by atoms with Crippen LogP contribution in [0.4, 0.5) is 5.69 Å². The van der Waals surface area contributed by atoms with Crippen molar-refractivity contribution in [2.45, 2.75) is 25.3 Å². The molecule has 0 aliphatic carbocycles. The Morgan fingerprint density at radius 1 is 1.00 bits per heavy atom. The molecule has 0 bridgehead atoms. The highest BCUT2D eigenvalue weighted by atomic mass is 32.2. The topological polar surface area (TPSA) is 125 Å². The average molecular weight is 552 g/mol. The first-order valence-electron chi connectivity index (χ1n) is 10.8. The molecule has 8 nitrogen and oxygen atoms in total. The Morgan fingerprint density at radius 2 is 1.74 bits per heavy atom. The first-order chi connectivity index (χ1) is 16.7. The van der Waals surface area contributed by atoms with E-state index in [1.807, 2.05) is 40.4 Å². The van der Waals surface area contributed by atoms with Crippen molar-refractivity contribution < 1.29 is 21.4 Å². The number of hydrogen-bond donors (Lipinski definition) is 3. The Labute approximate surface area is 213 Å². The molecule has 0 unspecified atom stereocenters. The van der Waals surface area contributed by atoms with E-state index >= 15 is 0 Å².